The van der Waals surface area contributed by atoms with Gasteiger partial charge in [0.1, 0.15) is 18.3 Å². The van der Waals surface area contributed by atoms with E-state index in [1.807, 2.05) is 128 Å². The molecule has 0 spiro atoms. The van der Waals surface area contributed by atoms with Gasteiger partial charge in [-0.05, 0) is 28.2 Å². The molecule has 4 aromatic carbocycles. The van der Waals surface area contributed by atoms with Crippen molar-refractivity contribution in [3.8, 4) is 0 Å². The van der Waals surface area contributed by atoms with Gasteiger partial charge in [-0.25, -0.2) is 0 Å². The van der Waals surface area contributed by atoms with Crippen LogP contribution in [0.2, 0.25) is 0 Å². The Labute approximate surface area is 248 Å². The normalized spacial score (nSPS) is 24.7. The van der Waals surface area contributed by atoms with Gasteiger partial charge in [-0.15, -0.1) is 0 Å². The minimum atomic E-state index is -3.63. The number of aliphatic hydroxyl groups is 1. The van der Waals surface area contributed by atoms with Gasteiger partial charge in [-0.2, -0.15) is 0 Å². The summed E-state index contributed by atoms with van der Waals surface area (Å²) in [6.07, 6.45) is -2.14. The second-order valence-corrected chi connectivity index (χ2v) is 13.4. The van der Waals surface area contributed by atoms with Crippen molar-refractivity contribution in [1.82, 2.24) is 0 Å². The third kappa shape index (κ3) is 8.05. The van der Waals surface area contributed by atoms with E-state index >= 15 is 0 Å². The van der Waals surface area contributed by atoms with E-state index in [9.17, 15) is 9.67 Å². The highest BCUT2D eigenvalue weighted by Gasteiger charge is 2.53. The Morgan fingerprint density at radius 3 is 1.67 bits per heavy atom. The monoisotopic (exact) mass is 586 g/mol. The van der Waals surface area contributed by atoms with Crippen LogP contribution in [0.15, 0.2) is 121 Å². The van der Waals surface area contributed by atoms with Gasteiger partial charge in [0.05, 0.1) is 26.4 Å². The molecule has 42 heavy (non-hydrogen) atoms. The first kappa shape index (κ1) is 30.4. The van der Waals surface area contributed by atoms with Crippen molar-refractivity contribution in [3.05, 3.63) is 144 Å². The molecule has 4 aromatic rings. The van der Waals surface area contributed by atoms with Gasteiger partial charge < -0.3 is 23.8 Å². The average molecular weight is 587 g/mol. The van der Waals surface area contributed by atoms with E-state index < -0.39 is 31.5 Å². The lowest BCUT2D eigenvalue weighted by Gasteiger charge is -2.44. The quantitative estimate of drug-likeness (QED) is 0.168. The van der Waals surface area contributed by atoms with E-state index in [1.54, 1.807) is 0 Å². The van der Waals surface area contributed by atoms with E-state index in [1.165, 1.54) is 0 Å². The van der Waals surface area contributed by atoms with E-state index in [2.05, 4.69) is 0 Å². The summed E-state index contributed by atoms with van der Waals surface area (Å²) in [4.78, 5) is 0. The summed E-state index contributed by atoms with van der Waals surface area (Å²) in [7, 11) is -3.63. The van der Waals surface area contributed by atoms with Gasteiger partial charge in [0.15, 0.2) is 5.85 Å². The molecule has 220 valence electrons. The van der Waals surface area contributed by atoms with E-state index in [0.29, 0.717) is 6.61 Å². The Kier molecular flexibility index (Phi) is 10.8. The molecule has 0 amide bonds. The topological polar surface area (TPSA) is 74.2 Å². The summed E-state index contributed by atoms with van der Waals surface area (Å²) in [5.74, 6) is -1.47. The standard InChI is InChI=1S/C35H39O6P/c1-27(31-20-12-5-13-21-31)26-42(37)35(36)34(40-24-30-18-10-4-11-19-30)33(39-23-29-16-8-3-9-17-29)32(41-42)25-38-22-28-14-6-2-7-15-28/h2-21,27,32-36H,22-26H2,1H3. The van der Waals surface area contributed by atoms with Crippen LogP contribution in [0.5, 0.6) is 0 Å². The molecule has 6 nitrogen and oxygen atoms in total. The van der Waals surface area contributed by atoms with Crippen LogP contribution in [0.4, 0.5) is 0 Å². The number of ether oxygens (including phenoxy) is 3. The maximum Gasteiger partial charge on any atom is 0.234 e. The SMILES string of the molecule is CC(CP1(=O)OC(COCc2ccccc2)C(OCc2ccccc2)C(OCc2ccccc2)C1O)c1ccccc1. The van der Waals surface area contributed by atoms with E-state index in [-0.39, 0.29) is 31.9 Å². The molecule has 6 atom stereocenters. The fourth-order valence-electron chi connectivity index (χ4n) is 5.29. The summed E-state index contributed by atoms with van der Waals surface area (Å²) in [5, 5.41) is 11.7. The van der Waals surface area contributed by atoms with Crippen LogP contribution in [0.3, 0.4) is 0 Å². The lowest BCUT2D eigenvalue weighted by molar-refractivity contribution is -0.175. The van der Waals surface area contributed by atoms with Gasteiger partial charge >= 0.3 is 0 Å². The number of hydrogen-bond donors (Lipinski definition) is 1. The van der Waals surface area contributed by atoms with Crippen LogP contribution in [-0.2, 0) is 43.1 Å². The number of aliphatic hydroxyl groups excluding tert-OH is 1. The lowest BCUT2D eigenvalue weighted by Crippen LogP contribution is -2.54. The van der Waals surface area contributed by atoms with E-state index in [4.69, 9.17) is 18.7 Å². The summed E-state index contributed by atoms with van der Waals surface area (Å²) in [5.41, 5.74) is 3.98. The highest BCUT2D eigenvalue weighted by Crippen LogP contribution is 2.60. The number of benzene rings is 4. The molecule has 5 rings (SSSR count). The molecule has 0 aliphatic carbocycles. The molecule has 0 radical (unpaired) electrons. The van der Waals surface area contributed by atoms with Crippen molar-refractivity contribution in [3.63, 3.8) is 0 Å². The molecule has 0 bridgehead atoms. The minimum Gasteiger partial charge on any atom is -0.380 e. The first-order chi connectivity index (χ1) is 20.5. The molecular formula is C35H39O6P. The Morgan fingerprint density at radius 2 is 1.14 bits per heavy atom. The van der Waals surface area contributed by atoms with Gasteiger partial charge in [-0.1, -0.05) is 128 Å². The molecule has 6 unspecified atom stereocenters. The smallest absolute Gasteiger partial charge is 0.234 e. The van der Waals surface area contributed by atoms with Crippen LogP contribution in [0.1, 0.15) is 35.1 Å². The van der Waals surface area contributed by atoms with Crippen molar-refractivity contribution in [2.75, 3.05) is 12.8 Å². The van der Waals surface area contributed by atoms with Crippen LogP contribution in [-0.4, -0.2) is 42.0 Å². The van der Waals surface area contributed by atoms with Crippen LogP contribution < -0.4 is 0 Å². The molecule has 0 aromatic heterocycles. The average Bonchev–Trinajstić information content (AvgIpc) is 3.03. The molecule has 1 aliphatic rings. The molecule has 7 heteroatoms. The zero-order chi connectivity index (χ0) is 29.2. The molecular weight excluding hydrogens is 547 g/mol. The highest BCUT2D eigenvalue weighted by atomic mass is 31.2. The molecule has 1 saturated heterocycles. The Bertz CT molecular complexity index is 1390. The fourth-order valence-corrected chi connectivity index (χ4v) is 8.03. The van der Waals surface area contributed by atoms with Gasteiger partial charge in [0.2, 0.25) is 7.37 Å². The largest absolute Gasteiger partial charge is 0.380 e. The summed E-state index contributed by atoms with van der Waals surface area (Å²) >= 11 is 0. The van der Waals surface area contributed by atoms with Crippen molar-refractivity contribution in [1.29, 1.82) is 0 Å². The molecule has 1 fully saturated rings. The van der Waals surface area contributed by atoms with Crippen molar-refractivity contribution in [2.45, 2.75) is 56.8 Å². The minimum absolute atomic E-state index is 0.103. The zero-order valence-electron chi connectivity index (χ0n) is 23.9. The number of hydrogen-bond acceptors (Lipinski definition) is 6. The fraction of sp³-hybridized carbons (Fsp3) is 0.314. The van der Waals surface area contributed by atoms with Gasteiger partial charge in [0, 0.05) is 6.16 Å². The zero-order valence-corrected chi connectivity index (χ0v) is 24.8. The van der Waals surface area contributed by atoms with Crippen molar-refractivity contribution < 1.29 is 28.4 Å². The maximum atomic E-state index is 14.6. The third-order valence-electron chi connectivity index (χ3n) is 7.56. The second-order valence-electron chi connectivity index (χ2n) is 10.8. The van der Waals surface area contributed by atoms with Crippen molar-refractivity contribution >= 4 is 7.37 Å². The molecule has 0 saturated carbocycles. The Morgan fingerprint density at radius 1 is 0.690 bits per heavy atom. The predicted molar refractivity (Wildman–Crippen MR) is 164 cm³/mol. The molecule has 1 aliphatic heterocycles. The number of rotatable bonds is 13. The summed E-state index contributed by atoms with van der Waals surface area (Å²) in [6, 6.07) is 39.3. The van der Waals surface area contributed by atoms with Gasteiger partial charge in [-0.3, -0.25) is 4.57 Å². The Hall–Kier alpha value is -3.09. The van der Waals surface area contributed by atoms with Crippen molar-refractivity contribution in [2.24, 2.45) is 0 Å². The molecule has 1 heterocycles. The first-order valence-corrected chi connectivity index (χ1v) is 16.3. The predicted octanol–water partition coefficient (Wildman–Crippen LogP) is 7.17. The lowest BCUT2D eigenvalue weighted by atomic mass is 10.0. The van der Waals surface area contributed by atoms with E-state index in [0.717, 1.165) is 22.3 Å². The highest BCUT2D eigenvalue weighted by molar-refractivity contribution is 7.59. The maximum absolute atomic E-state index is 14.6. The second kappa shape index (κ2) is 14.9. The van der Waals surface area contributed by atoms with Crippen LogP contribution in [0, 0.1) is 0 Å². The van der Waals surface area contributed by atoms with Crippen LogP contribution >= 0.6 is 7.37 Å². The van der Waals surface area contributed by atoms with Gasteiger partial charge in [0.25, 0.3) is 0 Å². The summed E-state index contributed by atoms with van der Waals surface area (Å²) < 4.78 is 39.9. The molecule has 1 N–H and O–H groups in total. The Balaban J connectivity index is 1.41. The van der Waals surface area contributed by atoms with Crippen LogP contribution in [0.25, 0.3) is 0 Å². The summed E-state index contributed by atoms with van der Waals surface area (Å²) in [6.45, 7) is 3.03. The first-order valence-electron chi connectivity index (χ1n) is 14.4. The third-order valence-corrected chi connectivity index (χ3v) is 10.3.